The van der Waals surface area contributed by atoms with Crippen LogP contribution in [0.25, 0.3) is 0 Å². The highest BCUT2D eigenvalue weighted by molar-refractivity contribution is 5.83. The van der Waals surface area contributed by atoms with Crippen LogP contribution in [0.1, 0.15) is 43.5 Å². The third kappa shape index (κ3) is 2.83. The molecule has 0 N–H and O–H groups in total. The second-order valence-corrected chi connectivity index (χ2v) is 4.25. The highest BCUT2D eigenvalue weighted by atomic mass is 16.5. The Morgan fingerprint density at radius 2 is 2.06 bits per heavy atom. The van der Waals surface area contributed by atoms with E-state index in [1.807, 2.05) is 37.3 Å². The molecule has 2 aromatic rings. The highest BCUT2D eigenvalue weighted by Crippen LogP contribution is 2.16. The molecule has 4 heteroatoms. The van der Waals surface area contributed by atoms with E-state index >= 15 is 0 Å². The van der Waals surface area contributed by atoms with Gasteiger partial charge in [-0.25, -0.2) is 0 Å². The van der Waals surface area contributed by atoms with Crippen LogP contribution in [0.5, 0.6) is 0 Å². The number of Topliss-reactive ketones (excluding diaryl/α,β-unsaturated/α-hetero) is 1. The quantitative estimate of drug-likeness (QED) is 0.811. The van der Waals surface area contributed by atoms with Crippen LogP contribution in [-0.2, 0) is 11.2 Å². The molecule has 18 heavy (non-hydrogen) atoms. The third-order valence-corrected chi connectivity index (χ3v) is 2.89. The molecular formula is C14H16N2O2. The number of hydrogen-bond donors (Lipinski definition) is 0. The first kappa shape index (κ1) is 12.5. The van der Waals surface area contributed by atoms with E-state index in [2.05, 4.69) is 10.1 Å². The number of hydrogen-bond acceptors (Lipinski definition) is 4. The van der Waals surface area contributed by atoms with Gasteiger partial charge in [0.05, 0.1) is 5.92 Å². The predicted molar refractivity (Wildman–Crippen MR) is 67.3 cm³/mol. The molecule has 0 fully saturated rings. The second-order valence-electron chi connectivity index (χ2n) is 4.25. The Labute approximate surface area is 106 Å². The minimum atomic E-state index is -0.313. The van der Waals surface area contributed by atoms with Gasteiger partial charge in [0.15, 0.2) is 5.82 Å². The lowest BCUT2D eigenvalue weighted by atomic mass is 10.1. The van der Waals surface area contributed by atoms with Crippen molar-refractivity contribution in [3.63, 3.8) is 0 Å². The third-order valence-electron chi connectivity index (χ3n) is 2.89. The van der Waals surface area contributed by atoms with E-state index in [1.54, 1.807) is 6.92 Å². The molecular weight excluding hydrogens is 228 g/mol. The molecule has 1 heterocycles. The molecule has 4 nitrogen and oxygen atoms in total. The Balaban J connectivity index is 2.09. The van der Waals surface area contributed by atoms with E-state index in [1.165, 1.54) is 0 Å². The minimum absolute atomic E-state index is 0.116. The molecule has 0 saturated heterocycles. The van der Waals surface area contributed by atoms with Crippen molar-refractivity contribution in [2.24, 2.45) is 0 Å². The Bertz CT molecular complexity index is 520. The zero-order chi connectivity index (χ0) is 13.0. The summed E-state index contributed by atoms with van der Waals surface area (Å²) in [6.45, 7) is 3.63. The SMILES string of the molecule is CCC(=O)C(C)c1nc(Cc2ccccc2)no1. The largest absolute Gasteiger partial charge is 0.339 e. The fraction of sp³-hybridized carbons (Fsp3) is 0.357. The Morgan fingerprint density at radius 1 is 1.33 bits per heavy atom. The monoisotopic (exact) mass is 244 g/mol. The van der Waals surface area contributed by atoms with Crippen LogP contribution in [0.15, 0.2) is 34.9 Å². The Morgan fingerprint density at radius 3 is 2.72 bits per heavy atom. The van der Waals surface area contributed by atoms with Crippen molar-refractivity contribution in [3.8, 4) is 0 Å². The number of carbonyl (C=O) groups is 1. The molecule has 0 amide bonds. The van der Waals surface area contributed by atoms with Crippen molar-refractivity contribution in [1.29, 1.82) is 0 Å². The molecule has 0 spiro atoms. The summed E-state index contributed by atoms with van der Waals surface area (Å²) in [7, 11) is 0. The van der Waals surface area contributed by atoms with Gasteiger partial charge in [0.1, 0.15) is 5.78 Å². The minimum Gasteiger partial charge on any atom is -0.339 e. The zero-order valence-electron chi connectivity index (χ0n) is 10.6. The molecule has 0 aliphatic rings. The average molecular weight is 244 g/mol. The van der Waals surface area contributed by atoms with Crippen LogP contribution in [-0.4, -0.2) is 15.9 Å². The van der Waals surface area contributed by atoms with Crippen LogP contribution < -0.4 is 0 Å². The molecule has 1 aromatic heterocycles. The average Bonchev–Trinajstić information content (AvgIpc) is 2.86. The lowest BCUT2D eigenvalue weighted by Crippen LogP contribution is -2.07. The van der Waals surface area contributed by atoms with Gasteiger partial charge in [0.2, 0.25) is 5.89 Å². The van der Waals surface area contributed by atoms with Crippen molar-refractivity contribution in [3.05, 3.63) is 47.6 Å². The van der Waals surface area contributed by atoms with Gasteiger partial charge in [-0.15, -0.1) is 0 Å². The molecule has 0 bridgehead atoms. The van der Waals surface area contributed by atoms with Crippen molar-refractivity contribution < 1.29 is 9.32 Å². The maximum absolute atomic E-state index is 11.6. The summed E-state index contributed by atoms with van der Waals surface area (Å²) in [6, 6.07) is 9.93. The molecule has 2 rings (SSSR count). The van der Waals surface area contributed by atoms with Gasteiger partial charge >= 0.3 is 0 Å². The number of rotatable bonds is 5. The van der Waals surface area contributed by atoms with Gasteiger partial charge in [0, 0.05) is 12.8 Å². The molecule has 0 aliphatic carbocycles. The maximum Gasteiger partial charge on any atom is 0.236 e. The van der Waals surface area contributed by atoms with E-state index < -0.39 is 0 Å². The summed E-state index contributed by atoms with van der Waals surface area (Å²) >= 11 is 0. The number of ketones is 1. The van der Waals surface area contributed by atoms with Gasteiger partial charge < -0.3 is 4.52 Å². The van der Waals surface area contributed by atoms with E-state index in [0.29, 0.717) is 24.6 Å². The van der Waals surface area contributed by atoms with E-state index in [0.717, 1.165) is 5.56 Å². The molecule has 94 valence electrons. The molecule has 0 saturated carbocycles. The van der Waals surface area contributed by atoms with Crippen molar-refractivity contribution >= 4 is 5.78 Å². The Kier molecular flexibility index (Phi) is 3.87. The Hall–Kier alpha value is -1.97. The standard InChI is InChI=1S/C14H16N2O2/c1-3-12(17)10(2)14-15-13(16-18-14)9-11-7-5-4-6-8-11/h4-8,10H,3,9H2,1-2H3. The molecule has 1 aromatic carbocycles. The summed E-state index contributed by atoms with van der Waals surface area (Å²) in [5.74, 6) is 0.830. The van der Waals surface area contributed by atoms with Crippen LogP contribution in [0, 0.1) is 0 Å². The summed E-state index contributed by atoms with van der Waals surface area (Å²) in [6.07, 6.45) is 1.11. The summed E-state index contributed by atoms with van der Waals surface area (Å²) in [4.78, 5) is 15.8. The number of aromatic nitrogens is 2. The number of nitrogens with zero attached hydrogens (tertiary/aromatic N) is 2. The summed E-state index contributed by atoms with van der Waals surface area (Å²) in [5.41, 5.74) is 1.12. The van der Waals surface area contributed by atoms with Gasteiger partial charge in [-0.3, -0.25) is 4.79 Å². The van der Waals surface area contributed by atoms with E-state index in [9.17, 15) is 4.79 Å². The topological polar surface area (TPSA) is 56.0 Å². The fourth-order valence-electron chi connectivity index (χ4n) is 1.74. The lowest BCUT2D eigenvalue weighted by Gasteiger charge is -2.01. The van der Waals surface area contributed by atoms with Crippen molar-refractivity contribution in [1.82, 2.24) is 10.1 Å². The number of carbonyl (C=O) groups excluding carboxylic acids is 1. The first-order valence-electron chi connectivity index (χ1n) is 6.09. The van der Waals surface area contributed by atoms with Crippen LogP contribution in [0.4, 0.5) is 0 Å². The summed E-state index contributed by atoms with van der Waals surface area (Å²) < 4.78 is 5.14. The molecule has 0 aliphatic heterocycles. The van der Waals surface area contributed by atoms with E-state index in [4.69, 9.17) is 4.52 Å². The fourth-order valence-corrected chi connectivity index (χ4v) is 1.74. The van der Waals surface area contributed by atoms with Crippen LogP contribution in [0.2, 0.25) is 0 Å². The van der Waals surface area contributed by atoms with Crippen molar-refractivity contribution in [2.75, 3.05) is 0 Å². The molecule has 1 atom stereocenters. The number of benzene rings is 1. The van der Waals surface area contributed by atoms with Gasteiger partial charge in [0.25, 0.3) is 0 Å². The maximum atomic E-state index is 11.6. The normalized spacial score (nSPS) is 12.3. The van der Waals surface area contributed by atoms with Gasteiger partial charge in [-0.1, -0.05) is 42.4 Å². The van der Waals surface area contributed by atoms with Crippen LogP contribution >= 0.6 is 0 Å². The zero-order valence-corrected chi connectivity index (χ0v) is 10.6. The summed E-state index contributed by atoms with van der Waals surface area (Å²) in [5, 5.41) is 3.91. The van der Waals surface area contributed by atoms with Crippen molar-refractivity contribution in [2.45, 2.75) is 32.6 Å². The van der Waals surface area contributed by atoms with Crippen LogP contribution in [0.3, 0.4) is 0 Å². The molecule has 0 radical (unpaired) electrons. The first-order valence-corrected chi connectivity index (χ1v) is 6.09. The van der Waals surface area contributed by atoms with Gasteiger partial charge in [-0.2, -0.15) is 4.98 Å². The first-order chi connectivity index (χ1) is 8.70. The van der Waals surface area contributed by atoms with E-state index in [-0.39, 0.29) is 11.7 Å². The second kappa shape index (κ2) is 5.58. The highest BCUT2D eigenvalue weighted by Gasteiger charge is 2.20. The predicted octanol–water partition coefficient (Wildman–Crippen LogP) is 2.74. The molecule has 1 unspecified atom stereocenters. The lowest BCUT2D eigenvalue weighted by molar-refractivity contribution is -0.120. The smallest absolute Gasteiger partial charge is 0.236 e. The van der Waals surface area contributed by atoms with Gasteiger partial charge in [-0.05, 0) is 12.5 Å².